The van der Waals surface area contributed by atoms with E-state index in [1.165, 1.54) is 11.1 Å². The number of nitrogens with two attached hydrogens (primary N) is 1. The minimum absolute atomic E-state index is 0.0983. The second kappa shape index (κ2) is 10.9. The highest BCUT2D eigenvalue weighted by Gasteiger charge is 2.38. The third kappa shape index (κ3) is 5.47. The monoisotopic (exact) mass is 521 g/mol. The van der Waals surface area contributed by atoms with Crippen molar-refractivity contribution in [2.75, 3.05) is 26.2 Å². The summed E-state index contributed by atoms with van der Waals surface area (Å²) in [6, 6.07) is 24.4. The highest BCUT2D eigenvalue weighted by atomic mass is 35.5. The van der Waals surface area contributed by atoms with Crippen molar-refractivity contribution in [3.05, 3.63) is 105 Å². The van der Waals surface area contributed by atoms with Gasteiger partial charge in [0.25, 0.3) is 5.91 Å². The molecule has 188 valence electrons. The second-order valence-electron chi connectivity index (χ2n) is 10.3. The summed E-state index contributed by atoms with van der Waals surface area (Å²) < 4.78 is 0. The van der Waals surface area contributed by atoms with Crippen LogP contribution in [0.1, 0.15) is 64.7 Å². The predicted molar refractivity (Wildman–Crippen MR) is 148 cm³/mol. The van der Waals surface area contributed by atoms with Crippen LogP contribution in [0.2, 0.25) is 10.0 Å². The number of halogens is 2. The van der Waals surface area contributed by atoms with Crippen molar-refractivity contribution in [3.63, 3.8) is 0 Å². The zero-order valence-electron chi connectivity index (χ0n) is 20.6. The lowest BCUT2D eigenvalue weighted by Crippen LogP contribution is -2.42. The molecule has 2 saturated heterocycles. The second-order valence-corrected chi connectivity index (χ2v) is 11.1. The Morgan fingerprint density at radius 1 is 0.944 bits per heavy atom. The van der Waals surface area contributed by atoms with Crippen LogP contribution in [0.25, 0.3) is 0 Å². The molecule has 0 spiro atoms. The Morgan fingerprint density at radius 2 is 1.75 bits per heavy atom. The average Bonchev–Trinajstić information content (AvgIpc) is 3.53. The Hall–Kier alpha value is -2.37. The molecule has 4 nitrogen and oxygen atoms in total. The number of hydrogen-bond donors (Lipinski definition) is 1. The summed E-state index contributed by atoms with van der Waals surface area (Å²) in [6.07, 6.45) is 2.05. The largest absolute Gasteiger partial charge is 0.334 e. The normalized spacial score (nSPS) is 23.2. The molecule has 3 aromatic rings. The number of amides is 1. The zero-order chi connectivity index (χ0) is 25.2. The van der Waals surface area contributed by atoms with Gasteiger partial charge < -0.3 is 15.5 Å². The summed E-state index contributed by atoms with van der Waals surface area (Å²) in [7, 11) is 0. The molecule has 0 aliphatic carbocycles. The maximum absolute atomic E-state index is 13.8. The third-order valence-electron chi connectivity index (χ3n) is 7.76. The van der Waals surface area contributed by atoms with Crippen LogP contribution in [-0.4, -0.2) is 47.9 Å². The lowest BCUT2D eigenvalue weighted by Gasteiger charge is -2.29. The van der Waals surface area contributed by atoms with Gasteiger partial charge in [0.15, 0.2) is 0 Å². The Labute approximate surface area is 224 Å². The van der Waals surface area contributed by atoms with Crippen molar-refractivity contribution in [1.29, 1.82) is 0 Å². The summed E-state index contributed by atoms with van der Waals surface area (Å²) in [4.78, 5) is 18.4. The number of benzene rings is 3. The van der Waals surface area contributed by atoms with Gasteiger partial charge in [-0.25, -0.2) is 0 Å². The molecule has 2 fully saturated rings. The van der Waals surface area contributed by atoms with E-state index in [9.17, 15) is 4.79 Å². The molecule has 2 aliphatic heterocycles. The predicted octanol–water partition coefficient (Wildman–Crippen LogP) is 6.50. The van der Waals surface area contributed by atoms with E-state index in [2.05, 4.69) is 40.1 Å². The van der Waals surface area contributed by atoms with Crippen molar-refractivity contribution in [2.24, 2.45) is 5.73 Å². The molecule has 2 heterocycles. The highest BCUT2D eigenvalue weighted by Crippen LogP contribution is 2.36. The van der Waals surface area contributed by atoms with Crippen LogP contribution in [-0.2, 0) is 0 Å². The molecule has 0 bridgehead atoms. The highest BCUT2D eigenvalue weighted by molar-refractivity contribution is 6.42. The summed E-state index contributed by atoms with van der Waals surface area (Å²) in [5.74, 6) is 0.865. The Bertz CT molecular complexity index is 1220. The molecule has 2 N–H and O–H groups in total. The number of rotatable bonds is 6. The number of hydrogen-bond acceptors (Lipinski definition) is 3. The number of likely N-dealkylation sites (tertiary alicyclic amines) is 2. The number of carbonyl (C=O) groups excluding carboxylic acids is 1. The lowest BCUT2D eigenvalue weighted by atomic mass is 9.96. The third-order valence-corrected chi connectivity index (χ3v) is 8.50. The molecular weight excluding hydrogens is 489 g/mol. The topological polar surface area (TPSA) is 49.6 Å². The first-order chi connectivity index (χ1) is 17.4. The van der Waals surface area contributed by atoms with Gasteiger partial charge in [0.05, 0.1) is 10.0 Å². The van der Waals surface area contributed by atoms with Crippen LogP contribution in [0.4, 0.5) is 0 Å². The van der Waals surface area contributed by atoms with E-state index < -0.39 is 0 Å². The van der Waals surface area contributed by atoms with Gasteiger partial charge in [0.1, 0.15) is 0 Å². The molecule has 6 heteroatoms. The molecule has 0 saturated carbocycles. The number of nitrogens with zero attached hydrogens (tertiary/aromatic N) is 2. The molecule has 0 radical (unpaired) electrons. The van der Waals surface area contributed by atoms with Crippen molar-refractivity contribution in [3.8, 4) is 0 Å². The van der Waals surface area contributed by atoms with Gasteiger partial charge in [0, 0.05) is 43.2 Å². The Morgan fingerprint density at radius 3 is 2.50 bits per heavy atom. The fourth-order valence-corrected chi connectivity index (χ4v) is 6.07. The molecule has 4 atom stereocenters. The standard InChI is InChI=1S/C30H33Cl2N3O/c1-20(33)22-8-5-9-24(14-22)30(36)35-18-26(21-6-3-2-4-7-21)15-27(35)19-34-13-12-25(17-34)23-10-11-28(31)29(32)16-23/h2-11,14,16,20,25-27H,12-13,15,17-19,33H2,1H3/t20?,25?,26-,27-/m0/s1. The summed E-state index contributed by atoms with van der Waals surface area (Å²) >= 11 is 12.4. The lowest BCUT2D eigenvalue weighted by molar-refractivity contribution is 0.0707. The summed E-state index contributed by atoms with van der Waals surface area (Å²) in [5.41, 5.74) is 10.3. The molecule has 1 amide bonds. The SMILES string of the molecule is CC(N)c1cccc(C(=O)N2C[C@@H](c3ccccc3)C[C@H]2CN2CCC(c3ccc(Cl)c(Cl)c3)C2)c1. The molecule has 2 aliphatic rings. The minimum atomic E-state index is -0.105. The van der Waals surface area contributed by atoms with E-state index in [0.29, 0.717) is 21.9 Å². The first kappa shape index (κ1) is 25.3. The van der Waals surface area contributed by atoms with Crippen LogP contribution in [0, 0.1) is 0 Å². The fourth-order valence-electron chi connectivity index (χ4n) is 5.76. The van der Waals surface area contributed by atoms with E-state index in [4.69, 9.17) is 28.9 Å². The minimum Gasteiger partial charge on any atom is -0.334 e. The zero-order valence-corrected chi connectivity index (χ0v) is 22.1. The van der Waals surface area contributed by atoms with Gasteiger partial charge in [-0.2, -0.15) is 0 Å². The van der Waals surface area contributed by atoms with E-state index in [1.54, 1.807) is 0 Å². The van der Waals surface area contributed by atoms with Crippen LogP contribution in [0.5, 0.6) is 0 Å². The van der Waals surface area contributed by atoms with Gasteiger partial charge in [-0.1, -0.05) is 71.7 Å². The maximum Gasteiger partial charge on any atom is 0.254 e. The average molecular weight is 523 g/mol. The summed E-state index contributed by atoms with van der Waals surface area (Å²) in [5, 5.41) is 1.20. The van der Waals surface area contributed by atoms with Gasteiger partial charge in [-0.05, 0) is 73.2 Å². The van der Waals surface area contributed by atoms with Crippen molar-refractivity contribution >= 4 is 29.1 Å². The van der Waals surface area contributed by atoms with Crippen molar-refractivity contribution in [1.82, 2.24) is 9.80 Å². The van der Waals surface area contributed by atoms with E-state index in [0.717, 1.165) is 50.1 Å². The van der Waals surface area contributed by atoms with Crippen LogP contribution < -0.4 is 5.73 Å². The molecule has 2 unspecified atom stereocenters. The summed E-state index contributed by atoms with van der Waals surface area (Å²) in [6.45, 7) is 5.54. The fraction of sp³-hybridized carbons (Fsp3) is 0.367. The molecule has 0 aromatic heterocycles. The first-order valence-electron chi connectivity index (χ1n) is 12.8. The Kier molecular flexibility index (Phi) is 7.68. The maximum atomic E-state index is 13.8. The van der Waals surface area contributed by atoms with E-state index in [-0.39, 0.29) is 18.0 Å². The van der Waals surface area contributed by atoms with Crippen LogP contribution >= 0.6 is 23.2 Å². The van der Waals surface area contributed by atoms with Gasteiger partial charge >= 0.3 is 0 Å². The Balaban J connectivity index is 1.34. The molecule has 36 heavy (non-hydrogen) atoms. The van der Waals surface area contributed by atoms with Crippen molar-refractivity contribution in [2.45, 2.75) is 43.7 Å². The number of carbonyl (C=O) groups is 1. The van der Waals surface area contributed by atoms with E-state index >= 15 is 0 Å². The molecular formula is C30H33Cl2N3O. The van der Waals surface area contributed by atoms with Gasteiger partial charge in [-0.15, -0.1) is 0 Å². The van der Waals surface area contributed by atoms with Crippen molar-refractivity contribution < 1.29 is 4.79 Å². The van der Waals surface area contributed by atoms with E-state index in [1.807, 2.05) is 49.4 Å². The first-order valence-corrected chi connectivity index (χ1v) is 13.5. The smallest absolute Gasteiger partial charge is 0.254 e. The van der Waals surface area contributed by atoms with Crippen LogP contribution in [0.15, 0.2) is 72.8 Å². The van der Waals surface area contributed by atoms with Gasteiger partial charge in [-0.3, -0.25) is 4.79 Å². The molecule has 3 aromatic carbocycles. The quantitative estimate of drug-likeness (QED) is 0.402. The molecule has 5 rings (SSSR count). The van der Waals surface area contributed by atoms with Crippen LogP contribution in [0.3, 0.4) is 0 Å². The van der Waals surface area contributed by atoms with Gasteiger partial charge in [0.2, 0.25) is 0 Å².